The number of hydrogen-bond acceptors (Lipinski definition) is 1. The first-order valence-corrected chi connectivity index (χ1v) is 11.1. The maximum absolute atomic E-state index is 13.0. The predicted molar refractivity (Wildman–Crippen MR) is 109 cm³/mol. The Hall–Kier alpha value is -1.84. The maximum atomic E-state index is 13.0. The van der Waals surface area contributed by atoms with E-state index in [1.54, 1.807) is 0 Å². The predicted octanol–water partition coefficient (Wildman–Crippen LogP) is 5.42. The number of urea groups is 1. The van der Waals surface area contributed by atoms with Crippen molar-refractivity contribution in [2.75, 3.05) is 0 Å². The lowest BCUT2D eigenvalue weighted by molar-refractivity contribution is -0.0137. The summed E-state index contributed by atoms with van der Waals surface area (Å²) in [5, 5.41) is 6.69. The molecule has 0 saturated heterocycles. The topological polar surface area (TPSA) is 41.1 Å². The lowest BCUT2D eigenvalue weighted by atomic mass is 9.53. The minimum atomic E-state index is -0.194. The molecule has 0 aliphatic heterocycles. The fourth-order valence-electron chi connectivity index (χ4n) is 6.80. The summed E-state index contributed by atoms with van der Waals surface area (Å²) in [6.07, 6.45) is 13.9. The van der Waals surface area contributed by atoms with Crippen molar-refractivity contribution in [3.63, 3.8) is 0 Å². The zero-order valence-electron chi connectivity index (χ0n) is 16.6. The highest BCUT2D eigenvalue weighted by Crippen LogP contribution is 2.55. The molecule has 4 heteroatoms. The van der Waals surface area contributed by atoms with E-state index in [1.165, 1.54) is 56.2 Å². The number of nitrogens with one attached hydrogen (secondary N) is 2. The lowest BCUT2D eigenvalue weighted by Crippen LogP contribution is -2.62. The van der Waals surface area contributed by atoms with Crippen LogP contribution in [0.2, 0.25) is 0 Å². The third-order valence-electron chi connectivity index (χ3n) is 7.62. The molecule has 6 rings (SSSR count). The van der Waals surface area contributed by atoms with Gasteiger partial charge in [0, 0.05) is 11.6 Å². The molecule has 5 fully saturated rings. The molecule has 150 valence electrons. The second-order valence-corrected chi connectivity index (χ2v) is 9.92. The van der Waals surface area contributed by atoms with E-state index in [9.17, 15) is 9.18 Å². The van der Waals surface area contributed by atoms with E-state index < -0.39 is 0 Å². The summed E-state index contributed by atoms with van der Waals surface area (Å²) in [7, 11) is 0. The molecule has 0 spiro atoms. The number of benzene rings is 1. The van der Waals surface area contributed by atoms with Crippen molar-refractivity contribution in [1.29, 1.82) is 0 Å². The minimum absolute atomic E-state index is 0.0536. The number of rotatable bonds is 3. The van der Waals surface area contributed by atoms with Gasteiger partial charge in [0.05, 0.1) is 0 Å². The first-order valence-electron chi connectivity index (χ1n) is 11.1. The van der Waals surface area contributed by atoms with E-state index in [0.29, 0.717) is 0 Å². The fourth-order valence-corrected chi connectivity index (χ4v) is 6.80. The van der Waals surface area contributed by atoms with Gasteiger partial charge in [-0.3, -0.25) is 0 Å². The maximum Gasteiger partial charge on any atom is 0.315 e. The second-order valence-electron chi connectivity index (χ2n) is 9.92. The van der Waals surface area contributed by atoms with Gasteiger partial charge >= 0.3 is 6.03 Å². The molecular formula is C24H31FN2O. The van der Waals surface area contributed by atoms with E-state index in [1.807, 2.05) is 12.1 Å². The van der Waals surface area contributed by atoms with E-state index >= 15 is 0 Å². The quantitative estimate of drug-likeness (QED) is 0.720. The first-order chi connectivity index (χ1) is 13.6. The normalized spacial score (nSPS) is 36.2. The van der Waals surface area contributed by atoms with Crippen LogP contribution in [-0.2, 0) is 0 Å². The molecule has 5 aliphatic carbocycles. The molecule has 0 aromatic heterocycles. The van der Waals surface area contributed by atoms with Crippen LogP contribution in [-0.4, -0.2) is 17.6 Å². The Morgan fingerprint density at radius 1 is 0.964 bits per heavy atom. The summed E-state index contributed by atoms with van der Waals surface area (Å²) in [6.45, 7) is 0. The smallest absolute Gasteiger partial charge is 0.315 e. The Labute approximate surface area is 167 Å². The summed E-state index contributed by atoms with van der Waals surface area (Å²) in [4.78, 5) is 12.7. The van der Waals surface area contributed by atoms with Gasteiger partial charge in [-0.05, 0) is 99.7 Å². The molecule has 1 aromatic carbocycles. The van der Waals surface area contributed by atoms with Gasteiger partial charge in [0.25, 0.3) is 0 Å². The van der Waals surface area contributed by atoms with Crippen molar-refractivity contribution >= 4 is 12.1 Å². The molecule has 5 saturated carbocycles. The van der Waals surface area contributed by atoms with Crippen molar-refractivity contribution in [3.8, 4) is 0 Å². The van der Waals surface area contributed by atoms with Crippen LogP contribution in [0.5, 0.6) is 0 Å². The Kier molecular flexibility index (Phi) is 4.68. The summed E-state index contributed by atoms with van der Waals surface area (Å²) in [5.41, 5.74) is 2.54. The van der Waals surface area contributed by atoms with Crippen LogP contribution in [0.25, 0.3) is 6.08 Å². The Morgan fingerprint density at radius 2 is 1.54 bits per heavy atom. The third kappa shape index (κ3) is 3.83. The molecule has 28 heavy (non-hydrogen) atoms. The van der Waals surface area contributed by atoms with Crippen LogP contribution in [0.15, 0.2) is 29.8 Å². The molecule has 4 bridgehead atoms. The van der Waals surface area contributed by atoms with Gasteiger partial charge in [0.2, 0.25) is 0 Å². The van der Waals surface area contributed by atoms with Crippen LogP contribution in [0.4, 0.5) is 9.18 Å². The van der Waals surface area contributed by atoms with Crippen LogP contribution >= 0.6 is 0 Å². The number of allylic oxidation sites excluding steroid dienone is 1. The highest BCUT2D eigenvalue weighted by Gasteiger charge is 2.51. The van der Waals surface area contributed by atoms with Crippen LogP contribution < -0.4 is 10.6 Å². The van der Waals surface area contributed by atoms with Gasteiger partial charge in [-0.15, -0.1) is 0 Å². The van der Waals surface area contributed by atoms with Gasteiger partial charge < -0.3 is 10.6 Å². The Balaban J connectivity index is 1.13. The van der Waals surface area contributed by atoms with Gasteiger partial charge in [-0.1, -0.05) is 23.8 Å². The largest absolute Gasteiger partial charge is 0.335 e. The summed E-state index contributed by atoms with van der Waals surface area (Å²) in [5.74, 6) is 2.35. The van der Waals surface area contributed by atoms with Crippen molar-refractivity contribution in [2.45, 2.75) is 75.8 Å². The SMILES string of the molecule is O=C(NC1CCC(=Cc2ccc(F)cc2)CC1)NC12CC3CC(CC(C3)C1)C2. The number of amides is 2. The fraction of sp³-hybridized carbons (Fsp3) is 0.625. The second kappa shape index (κ2) is 7.20. The summed E-state index contributed by atoms with van der Waals surface area (Å²) in [6, 6.07) is 6.98. The van der Waals surface area contributed by atoms with Crippen molar-refractivity contribution in [2.24, 2.45) is 17.8 Å². The Bertz CT molecular complexity index is 724. The van der Waals surface area contributed by atoms with Gasteiger partial charge in [-0.2, -0.15) is 0 Å². The average molecular weight is 383 g/mol. The number of hydrogen-bond donors (Lipinski definition) is 2. The van der Waals surface area contributed by atoms with Gasteiger partial charge in [-0.25, -0.2) is 9.18 Å². The molecule has 5 aliphatic rings. The molecule has 0 radical (unpaired) electrons. The van der Waals surface area contributed by atoms with Gasteiger partial charge in [0.1, 0.15) is 5.82 Å². The molecular weight excluding hydrogens is 351 g/mol. The van der Waals surface area contributed by atoms with Crippen molar-refractivity contribution in [1.82, 2.24) is 10.6 Å². The summed E-state index contributed by atoms with van der Waals surface area (Å²) >= 11 is 0. The van der Waals surface area contributed by atoms with Crippen molar-refractivity contribution < 1.29 is 9.18 Å². The molecule has 3 nitrogen and oxygen atoms in total. The first kappa shape index (κ1) is 18.2. The van der Waals surface area contributed by atoms with Gasteiger partial charge in [0.15, 0.2) is 0 Å². The number of carbonyl (C=O) groups excluding carboxylic acids is 1. The summed E-state index contributed by atoms with van der Waals surface area (Å²) < 4.78 is 13.0. The van der Waals surface area contributed by atoms with E-state index in [2.05, 4.69) is 16.7 Å². The molecule has 2 amide bonds. The Morgan fingerprint density at radius 3 is 2.11 bits per heavy atom. The van der Waals surface area contributed by atoms with E-state index in [0.717, 1.165) is 49.0 Å². The number of halogens is 1. The average Bonchev–Trinajstić information content (AvgIpc) is 2.63. The molecule has 0 heterocycles. The molecule has 1 aromatic rings. The molecule has 2 N–H and O–H groups in total. The zero-order valence-corrected chi connectivity index (χ0v) is 16.6. The van der Waals surface area contributed by atoms with Crippen LogP contribution in [0, 0.1) is 23.6 Å². The third-order valence-corrected chi connectivity index (χ3v) is 7.62. The lowest BCUT2D eigenvalue weighted by Gasteiger charge is -2.56. The van der Waals surface area contributed by atoms with Crippen LogP contribution in [0.1, 0.15) is 69.8 Å². The van der Waals surface area contributed by atoms with Crippen LogP contribution in [0.3, 0.4) is 0 Å². The highest BCUT2D eigenvalue weighted by atomic mass is 19.1. The van der Waals surface area contributed by atoms with E-state index in [4.69, 9.17) is 0 Å². The molecule has 0 unspecified atom stereocenters. The monoisotopic (exact) mass is 382 g/mol. The minimum Gasteiger partial charge on any atom is -0.335 e. The molecule has 0 atom stereocenters. The number of carbonyl (C=O) groups is 1. The zero-order chi connectivity index (χ0) is 19.1. The standard InChI is InChI=1S/C24H31FN2O/c25-21-5-1-16(2-6-21)9-17-3-7-22(8-4-17)26-23(28)27-24-13-18-10-19(14-24)12-20(11-18)15-24/h1-2,5-6,9,18-20,22H,3-4,7-8,10-15H2,(H2,26,27,28). The van der Waals surface area contributed by atoms with E-state index in [-0.39, 0.29) is 23.4 Å². The highest BCUT2D eigenvalue weighted by molar-refractivity contribution is 5.75. The van der Waals surface area contributed by atoms with Crippen molar-refractivity contribution in [3.05, 3.63) is 41.2 Å².